The van der Waals surface area contributed by atoms with Crippen LogP contribution < -0.4 is 19.1 Å². The van der Waals surface area contributed by atoms with Gasteiger partial charge in [0, 0.05) is 11.6 Å². The quantitative estimate of drug-likeness (QED) is 0.372. The molecule has 0 aliphatic carbocycles. The minimum atomic E-state index is -3.55. The Morgan fingerprint density at radius 3 is 2.31 bits per heavy atom. The highest BCUT2D eigenvalue weighted by atomic mass is 32.2. The van der Waals surface area contributed by atoms with Crippen molar-refractivity contribution >= 4 is 21.6 Å². The van der Waals surface area contributed by atoms with Gasteiger partial charge in [-0.1, -0.05) is 24.3 Å². The molecule has 0 aliphatic heterocycles. The summed E-state index contributed by atoms with van der Waals surface area (Å²) < 4.78 is 37.8. The second-order valence-electron chi connectivity index (χ2n) is 8.98. The summed E-state index contributed by atoms with van der Waals surface area (Å²) in [5.41, 5.74) is 4.12. The average molecular weight is 511 g/mol. The zero-order chi connectivity index (χ0) is 26.3. The van der Waals surface area contributed by atoms with Crippen LogP contribution in [-0.4, -0.2) is 39.8 Å². The normalized spacial score (nSPS) is 11.3. The van der Waals surface area contributed by atoms with Crippen molar-refractivity contribution in [3.05, 3.63) is 89.0 Å². The number of carbonyl (C=O) groups is 1. The number of amides is 1. The van der Waals surface area contributed by atoms with E-state index in [0.29, 0.717) is 30.2 Å². The lowest BCUT2D eigenvalue weighted by molar-refractivity contribution is 0.0947. The van der Waals surface area contributed by atoms with Crippen molar-refractivity contribution in [1.82, 2.24) is 5.32 Å². The molecule has 36 heavy (non-hydrogen) atoms. The molecule has 7 nitrogen and oxygen atoms in total. The van der Waals surface area contributed by atoms with Gasteiger partial charge in [-0.25, -0.2) is 8.42 Å². The zero-order valence-corrected chi connectivity index (χ0v) is 22.3. The molecule has 8 heteroatoms. The maximum absolute atomic E-state index is 12.5. The van der Waals surface area contributed by atoms with Crippen molar-refractivity contribution in [2.45, 2.75) is 40.3 Å². The van der Waals surface area contributed by atoms with Gasteiger partial charge in [0.15, 0.2) is 0 Å². The highest BCUT2D eigenvalue weighted by Crippen LogP contribution is 2.26. The Bertz CT molecular complexity index is 1290. The molecule has 3 rings (SSSR count). The van der Waals surface area contributed by atoms with Gasteiger partial charge in [-0.3, -0.25) is 9.10 Å². The van der Waals surface area contributed by atoms with Gasteiger partial charge in [0.1, 0.15) is 18.1 Å². The van der Waals surface area contributed by atoms with Crippen molar-refractivity contribution in [1.29, 1.82) is 0 Å². The third kappa shape index (κ3) is 7.75. The standard InChI is InChI=1S/C28H34N2O5S/c1-20(2)35-27-8-6-7-25(18-27)30(36(5,32)33)19-23-10-12-24(13-11-23)28(31)29-15-16-34-26-14-9-21(3)22(4)17-26/h6-14,17-18,20H,15-16,19H2,1-5H3,(H,29,31). The molecule has 3 aromatic carbocycles. The number of ether oxygens (including phenoxy) is 2. The predicted octanol–water partition coefficient (Wildman–Crippen LogP) is 4.87. The Balaban J connectivity index is 1.59. The Morgan fingerprint density at radius 2 is 1.67 bits per heavy atom. The Morgan fingerprint density at radius 1 is 0.944 bits per heavy atom. The summed E-state index contributed by atoms with van der Waals surface area (Å²) in [4.78, 5) is 12.5. The molecular formula is C28H34N2O5S. The summed E-state index contributed by atoms with van der Waals surface area (Å²) in [6.45, 7) is 8.76. The van der Waals surface area contributed by atoms with Crippen LogP contribution in [0.2, 0.25) is 0 Å². The highest BCUT2D eigenvalue weighted by molar-refractivity contribution is 7.92. The maximum atomic E-state index is 12.5. The van der Waals surface area contributed by atoms with E-state index in [2.05, 4.69) is 5.32 Å². The number of carbonyl (C=O) groups excluding carboxylic acids is 1. The summed E-state index contributed by atoms with van der Waals surface area (Å²) in [5.74, 6) is 1.15. The molecule has 0 heterocycles. The van der Waals surface area contributed by atoms with Gasteiger partial charge in [-0.2, -0.15) is 0 Å². The van der Waals surface area contributed by atoms with Crippen molar-refractivity contribution in [2.24, 2.45) is 0 Å². The SMILES string of the molecule is Cc1ccc(OCCNC(=O)c2ccc(CN(c3cccc(OC(C)C)c3)S(C)(=O)=O)cc2)cc1C. The second kappa shape index (κ2) is 11.9. The molecule has 0 aliphatic rings. The smallest absolute Gasteiger partial charge is 0.251 e. The van der Waals surface area contributed by atoms with E-state index in [4.69, 9.17) is 9.47 Å². The minimum absolute atomic E-state index is 0.0241. The van der Waals surface area contributed by atoms with Gasteiger partial charge >= 0.3 is 0 Å². The molecule has 0 fully saturated rings. The Labute approximate surface area is 214 Å². The van der Waals surface area contributed by atoms with E-state index < -0.39 is 10.0 Å². The largest absolute Gasteiger partial charge is 0.492 e. The van der Waals surface area contributed by atoms with Crippen LogP contribution in [0.15, 0.2) is 66.7 Å². The summed E-state index contributed by atoms with van der Waals surface area (Å²) in [5, 5.41) is 2.84. The van der Waals surface area contributed by atoms with Gasteiger partial charge in [0.2, 0.25) is 10.0 Å². The fourth-order valence-electron chi connectivity index (χ4n) is 3.55. The van der Waals surface area contributed by atoms with Gasteiger partial charge < -0.3 is 14.8 Å². The second-order valence-corrected chi connectivity index (χ2v) is 10.9. The van der Waals surface area contributed by atoms with E-state index >= 15 is 0 Å². The number of hydrogen-bond acceptors (Lipinski definition) is 5. The number of nitrogens with zero attached hydrogens (tertiary/aromatic N) is 1. The molecule has 0 spiro atoms. The molecule has 0 bridgehead atoms. The van der Waals surface area contributed by atoms with E-state index in [1.807, 2.05) is 45.9 Å². The number of anilines is 1. The monoisotopic (exact) mass is 510 g/mol. The maximum Gasteiger partial charge on any atom is 0.251 e. The van der Waals surface area contributed by atoms with Crippen molar-refractivity contribution < 1.29 is 22.7 Å². The number of benzene rings is 3. The van der Waals surface area contributed by atoms with Crippen LogP contribution in [0, 0.1) is 13.8 Å². The van der Waals surface area contributed by atoms with Crippen LogP contribution >= 0.6 is 0 Å². The first-order chi connectivity index (χ1) is 17.0. The first kappa shape index (κ1) is 27.1. The van der Waals surface area contributed by atoms with E-state index in [-0.39, 0.29) is 18.6 Å². The molecule has 0 radical (unpaired) electrons. The zero-order valence-electron chi connectivity index (χ0n) is 21.4. The molecular weight excluding hydrogens is 476 g/mol. The molecule has 0 saturated heterocycles. The minimum Gasteiger partial charge on any atom is -0.492 e. The van der Waals surface area contributed by atoms with E-state index in [1.54, 1.807) is 48.5 Å². The Hall–Kier alpha value is -3.52. The third-order valence-corrected chi connectivity index (χ3v) is 6.70. The molecule has 3 aromatic rings. The number of hydrogen-bond donors (Lipinski definition) is 1. The number of sulfonamides is 1. The predicted molar refractivity (Wildman–Crippen MR) is 143 cm³/mol. The van der Waals surface area contributed by atoms with Gasteiger partial charge in [0.05, 0.1) is 31.1 Å². The van der Waals surface area contributed by atoms with Crippen molar-refractivity contribution in [3.8, 4) is 11.5 Å². The van der Waals surface area contributed by atoms with Gasteiger partial charge in [-0.05, 0) is 80.8 Å². The molecule has 192 valence electrons. The molecule has 1 amide bonds. The lowest BCUT2D eigenvalue weighted by atomic mass is 10.1. The summed E-state index contributed by atoms with van der Waals surface area (Å²) >= 11 is 0. The first-order valence-electron chi connectivity index (χ1n) is 11.8. The first-order valence-corrected chi connectivity index (χ1v) is 13.7. The van der Waals surface area contributed by atoms with Gasteiger partial charge in [-0.15, -0.1) is 0 Å². The van der Waals surface area contributed by atoms with Crippen LogP contribution in [0.1, 0.15) is 40.9 Å². The van der Waals surface area contributed by atoms with Crippen molar-refractivity contribution in [3.63, 3.8) is 0 Å². The average Bonchev–Trinajstić information content (AvgIpc) is 2.81. The van der Waals surface area contributed by atoms with Crippen LogP contribution in [0.4, 0.5) is 5.69 Å². The molecule has 0 atom stereocenters. The van der Waals surface area contributed by atoms with Crippen LogP contribution in [0.25, 0.3) is 0 Å². The summed E-state index contributed by atoms with van der Waals surface area (Å²) in [7, 11) is -3.55. The van der Waals surface area contributed by atoms with Crippen molar-refractivity contribution in [2.75, 3.05) is 23.7 Å². The van der Waals surface area contributed by atoms with Gasteiger partial charge in [0.25, 0.3) is 5.91 Å². The fourth-order valence-corrected chi connectivity index (χ4v) is 4.43. The molecule has 0 saturated carbocycles. The lowest BCUT2D eigenvalue weighted by Crippen LogP contribution is -2.29. The summed E-state index contributed by atoms with van der Waals surface area (Å²) in [6.07, 6.45) is 1.15. The number of aryl methyl sites for hydroxylation is 2. The molecule has 0 unspecified atom stereocenters. The highest BCUT2D eigenvalue weighted by Gasteiger charge is 2.19. The van der Waals surface area contributed by atoms with E-state index in [9.17, 15) is 13.2 Å². The molecule has 0 aromatic heterocycles. The van der Waals surface area contributed by atoms with Crippen LogP contribution in [-0.2, 0) is 16.6 Å². The fraction of sp³-hybridized carbons (Fsp3) is 0.321. The number of rotatable bonds is 11. The topological polar surface area (TPSA) is 84.9 Å². The molecule has 1 N–H and O–H groups in total. The van der Waals surface area contributed by atoms with Crippen LogP contribution in [0.5, 0.6) is 11.5 Å². The van der Waals surface area contributed by atoms with Crippen LogP contribution in [0.3, 0.4) is 0 Å². The number of nitrogens with one attached hydrogen (secondary N) is 1. The Kier molecular flexibility index (Phi) is 8.98. The summed E-state index contributed by atoms with van der Waals surface area (Å²) in [6, 6.07) is 19.8. The third-order valence-electron chi connectivity index (χ3n) is 5.55. The lowest BCUT2D eigenvalue weighted by Gasteiger charge is -2.23. The van der Waals surface area contributed by atoms with E-state index in [0.717, 1.165) is 16.9 Å². The van der Waals surface area contributed by atoms with E-state index in [1.165, 1.54) is 16.1 Å².